The van der Waals surface area contributed by atoms with E-state index in [2.05, 4.69) is 5.32 Å². The molecule has 0 aliphatic heterocycles. The number of carbonyl (C=O) groups is 2. The topological polar surface area (TPSA) is 92.4 Å². The molecule has 0 aromatic heterocycles. The van der Waals surface area contributed by atoms with Crippen molar-refractivity contribution in [1.82, 2.24) is 5.32 Å². The van der Waals surface area contributed by atoms with Crippen LogP contribution in [0.2, 0.25) is 0 Å². The van der Waals surface area contributed by atoms with Crippen LogP contribution in [0.4, 0.5) is 0 Å². The minimum Gasteiger partial charge on any atom is -0.481 e. The van der Waals surface area contributed by atoms with Crippen LogP contribution in [0.1, 0.15) is 26.2 Å². The summed E-state index contributed by atoms with van der Waals surface area (Å²) in [4.78, 5) is 21.9. The molecular weight excluding hydrogens is 184 g/mol. The summed E-state index contributed by atoms with van der Waals surface area (Å²) in [6, 6.07) is 0. The van der Waals surface area contributed by atoms with Crippen molar-refractivity contribution in [2.75, 3.05) is 6.54 Å². The molecule has 5 heteroatoms. The molecule has 1 rings (SSSR count). The van der Waals surface area contributed by atoms with E-state index in [0.717, 1.165) is 6.42 Å². The van der Waals surface area contributed by atoms with Crippen LogP contribution in [0, 0.1) is 5.92 Å². The number of aliphatic carboxylic acids is 1. The standard InChI is InChI=1S/C9H16N2O3/c1-6(7(12)13)5-11-8(14)9(10)3-2-4-9/h6H,2-5,10H2,1H3,(H,11,14)(H,12,13). The van der Waals surface area contributed by atoms with Gasteiger partial charge in [0.1, 0.15) is 0 Å². The van der Waals surface area contributed by atoms with E-state index in [0.29, 0.717) is 12.8 Å². The predicted molar refractivity (Wildman–Crippen MR) is 50.6 cm³/mol. The number of nitrogens with one attached hydrogen (secondary N) is 1. The van der Waals surface area contributed by atoms with Gasteiger partial charge in [0.25, 0.3) is 0 Å². The highest BCUT2D eigenvalue weighted by molar-refractivity contribution is 5.87. The molecule has 4 N–H and O–H groups in total. The molecule has 1 aliphatic rings. The van der Waals surface area contributed by atoms with Crippen molar-refractivity contribution < 1.29 is 14.7 Å². The molecule has 0 radical (unpaired) electrons. The first-order valence-corrected chi connectivity index (χ1v) is 4.76. The number of carboxylic acid groups (broad SMARTS) is 1. The molecule has 0 aromatic rings. The van der Waals surface area contributed by atoms with Crippen LogP contribution in [0.3, 0.4) is 0 Å². The summed E-state index contributed by atoms with van der Waals surface area (Å²) in [6.07, 6.45) is 2.36. The first-order chi connectivity index (χ1) is 6.46. The molecule has 1 aliphatic carbocycles. The van der Waals surface area contributed by atoms with Crippen molar-refractivity contribution in [2.45, 2.75) is 31.7 Å². The maximum atomic E-state index is 11.4. The van der Waals surface area contributed by atoms with Gasteiger partial charge in [0.2, 0.25) is 5.91 Å². The summed E-state index contributed by atoms with van der Waals surface area (Å²) in [5, 5.41) is 11.1. The van der Waals surface area contributed by atoms with Gasteiger partial charge < -0.3 is 16.2 Å². The smallest absolute Gasteiger partial charge is 0.308 e. The normalized spacial score (nSPS) is 20.7. The zero-order valence-electron chi connectivity index (χ0n) is 8.25. The first kappa shape index (κ1) is 11.0. The Morgan fingerprint density at radius 3 is 2.50 bits per heavy atom. The van der Waals surface area contributed by atoms with E-state index in [1.165, 1.54) is 0 Å². The monoisotopic (exact) mass is 200 g/mol. The molecule has 0 spiro atoms. The van der Waals surface area contributed by atoms with Crippen LogP contribution in [0.25, 0.3) is 0 Å². The van der Waals surface area contributed by atoms with Gasteiger partial charge in [-0.05, 0) is 19.3 Å². The third-order valence-electron chi connectivity index (χ3n) is 2.69. The minimum atomic E-state index is -0.912. The highest BCUT2D eigenvalue weighted by Crippen LogP contribution is 2.28. The number of hydrogen-bond donors (Lipinski definition) is 3. The Bertz CT molecular complexity index is 248. The second-order valence-corrected chi connectivity index (χ2v) is 3.96. The lowest BCUT2D eigenvalue weighted by atomic mass is 9.77. The average molecular weight is 200 g/mol. The van der Waals surface area contributed by atoms with E-state index >= 15 is 0 Å². The fourth-order valence-corrected chi connectivity index (χ4v) is 1.29. The van der Waals surface area contributed by atoms with Crippen LogP contribution in [-0.2, 0) is 9.59 Å². The molecule has 1 saturated carbocycles. The van der Waals surface area contributed by atoms with Crippen LogP contribution >= 0.6 is 0 Å². The molecule has 0 bridgehead atoms. The van der Waals surface area contributed by atoms with Crippen LogP contribution < -0.4 is 11.1 Å². The Balaban J connectivity index is 2.31. The van der Waals surface area contributed by atoms with Crippen molar-refractivity contribution in [3.8, 4) is 0 Å². The predicted octanol–water partition coefficient (Wildman–Crippen LogP) is -0.295. The SMILES string of the molecule is CC(CNC(=O)C1(N)CCC1)C(=O)O. The van der Waals surface area contributed by atoms with Crippen molar-refractivity contribution in [2.24, 2.45) is 11.7 Å². The Kier molecular flexibility index (Phi) is 3.10. The molecule has 0 saturated heterocycles. The molecule has 1 unspecified atom stereocenters. The third-order valence-corrected chi connectivity index (χ3v) is 2.69. The van der Waals surface area contributed by atoms with Crippen molar-refractivity contribution in [1.29, 1.82) is 0 Å². The van der Waals surface area contributed by atoms with Crippen molar-refractivity contribution >= 4 is 11.9 Å². The van der Waals surface area contributed by atoms with Crippen molar-refractivity contribution in [3.05, 3.63) is 0 Å². The van der Waals surface area contributed by atoms with Gasteiger partial charge in [-0.15, -0.1) is 0 Å². The summed E-state index contributed by atoms with van der Waals surface area (Å²) in [6.45, 7) is 1.69. The summed E-state index contributed by atoms with van der Waals surface area (Å²) in [5.74, 6) is -1.70. The number of carboxylic acids is 1. The molecule has 1 amide bonds. The maximum absolute atomic E-state index is 11.4. The van der Waals surface area contributed by atoms with Gasteiger partial charge in [0.05, 0.1) is 11.5 Å². The van der Waals surface area contributed by atoms with Gasteiger partial charge in [0.15, 0.2) is 0 Å². The average Bonchev–Trinajstić information content (AvgIpc) is 2.09. The lowest BCUT2D eigenvalue weighted by molar-refractivity contribution is -0.141. The van der Waals surface area contributed by atoms with Crippen LogP contribution in [-0.4, -0.2) is 29.1 Å². The van der Waals surface area contributed by atoms with Crippen LogP contribution in [0.5, 0.6) is 0 Å². The van der Waals surface area contributed by atoms with Gasteiger partial charge in [-0.3, -0.25) is 9.59 Å². The molecule has 5 nitrogen and oxygen atoms in total. The number of carbonyl (C=O) groups excluding carboxylic acids is 1. The lowest BCUT2D eigenvalue weighted by Crippen LogP contribution is -2.59. The number of amides is 1. The Morgan fingerprint density at radius 2 is 2.14 bits per heavy atom. The molecule has 0 aromatic carbocycles. The summed E-state index contributed by atoms with van der Waals surface area (Å²) in [7, 11) is 0. The molecule has 0 heterocycles. The van der Waals surface area contributed by atoms with Gasteiger partial charge in [-0.1, -0.05) is 6.92 Å². The Morgan fingerprint density at radius 1 is 1.57 bits per heavy atom. The fraction of sp³-hybridized carbons (Fsp3) is 0.778. The van der Waals surface area contributed by atoms with Gasteiger partial charge in [-0.2, -0.15) is 0 Å². The van der Waals surface area contributed by atoms with E-state index in [1.54, 1.807) is 6.92 Å². The Hall–Kier alpha value is -1.10. The largest absolute Gasteiger partial charge is 0.481 e. The van der Waals surface area contributed by atoms with E-state index in [9.17, 15) is 9.59 Å². The van der Waals surface area contributed by atoms with Gasteiger partial charge >= 0.3 is 5.97 Å². The van der Waals surface area contributed by atoms with E-state index in [4.69, 9.17) is 10.8 Å². The number of hydrogen-bond acceptors (Lipinski definition) is 3. The van der Waals surface area contributed by atoms with Gasteiger partial charge in [-0.25, -0.2) is 0 Å². The summed E-state index contributed by atoms with van der Waals surface area (Å²) < 4.78 is 0. The fourth-order valence-electron chi connectivity index (χ4n) is 1.29. The number of nitrogens with two attached hydrogens (primary N) is 1. The first-order valence-electron chi connectivity index (χ1n) is 4.76. The zero-order chi connectivity index (χ0) is 10.8. The van der Waals surface area contributed by atoms with E-state index in [1.807, 2.05) is 0 Å². The molecule has 14 heavy (non-hydrogen) atoms. The zero-order valence-corrected chi connectivity index (χ0v) is 8.25. The van der Waals surface area contributed by atoms with Crippen molar-refractivity contribution in [3.63, 3.8) is 0 Å². The second kappa shape index (κ2) is 3.96. The quantitative estimate of drug-likeness (QED) is 0.581. The lowest BCUT2D eigenvalue weighted by Gasteiger charge is -2.36. The van der Waals surface area contributed by atoms with Gasteiger partial charge in [0, 0.05) is 6.54 Å². The highest BCUT2D eigenvalue weighted by atomic mass is 16.4. The highest BCUT2D eigenvalue weighted by Gasteiger charge is 2.40. The molecule has 1 atom stereocenters. The second-order valence-electron chi connectivity index (χ2n) is 3.96. The van der Waals surface area contributed by atoms with E-state index < -0.39 is 17.4 Å². The minimum absolute atomic E-state index is 0.146. The summed E-state index contributed by atoms with van der Waals surface area (Å²) >= 11 is 0. The maximum Gasteiger partial charge on any atom is 0.308 e. The molecular formula is C9H16N2O3. The third kappa shape index (κ3) is 2.23. The summed E-state index contributed by atoms with van der Waals surface area (Å²) in [5.41, 5.74) is 5.01. The van der Waals surface area contributed by atoms with E-state index in [-0.39, 0.29) is 12.5 Å². The molecule has 80 valence electrons. The molecule has 1 fully saturated rings. The Labute approximate surface area is 82.7 Å². The number of rotatable bonds is 4. The van der Waals surface area contributed by atoms with Crippen LogP contribution in [0.15, 0.2) is 0 Å².